The van der Waals surface area contributed by atoms with E-state index in [2.05, 4.69) is 5.32 Å². The lowest BCUT2D eigenvalue weighted by Crippen LogP contribution is -2.30. The zero-order chi connectivity index (χ0) is 14.8. The SMILES string of the molecule is O[C@H](c1cccc(F)c1)[C@H]1CC[C@@H](c2ccc(Cl)cc2)N1. The third-order valence-electron chi connectivity index (χ3n) is 4.03. The van der Waals surface area contributed by atoms with Crippen LogP contribution in [0.25, 0.3) is 0 Å². The summed E-state index contributed by atoms with van der Waals surface area (Å²) in [7, 11) is 0. The molecule has 0 radical (unpaired) electrons. The molecule has 0 spiro atoms. The van der Waals surface area contributed by atoms with Crippen LogP contribution in [-0.2, 0) is 0 Å². The number of hydrogen-bond acceptors (Lipinski definition) is 2. The number of hydrogen-bond donors (Lipinski definition) is 2. The maximum Gasteiger partial charge on any atom is 0.123 e. The van der Waals surface area contributed by atoms with Crippen LogP contribution in [0.3, 0.4) is 0 Å². The lowest BCUT2D eigenvalue weighted by atomic mass is 10.0. The standard InChI is InChI=1S/C17H17ClFNO/c18-13-6-4-11(5-7-13)15-8-9-16(20-15)17(21)12-2-1-3-14(19)10-12/h1-7,10,15-17,20-21H,8-9H2/t15-,16+,17+/m0/s1. The molecule has 4 heteroatoms. The van der Waals surface area contributed by atoms with Crippen LogP contribution in [0.1, 0.15) is 36.1 Å². The molecule has 2 nitrogen and oxygen atoms in total. The van der Waals surface area contributed by atoms with Crippen LogP contribution in [0, 0.1) is 5.82 Å². The van der Waals surface area contributed by atoms with Gasteiger partial charge in [0.15, 0.2) is 0 Å². The van der Waals surface area contributed by atoms with Crippen molar-refractivity contribution in [1.29, 1.82) is 0 Å². The van der Waals surface area contributed by atoms with Crippen molar-refractivity contribution in [2.24, 2.45) is 0 Å². The smallest absolute Gasteiger partial charge is 0.123 e. The van der Waals surface area contributed by atoms with Crippen molar-refractivity contribution >= 4 is 11.6 Å². The molecular weight excluding hydrogens is 289 g/mol. The summed E-state index contributed by atoms with van der Waals surface area (Å²) in [6.45, 7) is 0. The molecule has 0 aliphatic carbocycles. The van der Waals surface area contributed by atoms with E-state index in [1.165, 1.54) is 12.1 Å². The minimum Gasteiger partial charge on any atom is -0.387 e. The van der Waals surface area contributed by atoms with Gasteiger partial charge in [0.1, 0.15) is 5.82 Å². The van der Waals surface area contributed by atoms with E-state index in [9.17, 15) is 9.50 Å². The summed E-state index contributed by atoms with van der Waals surface area (Å²) in [5.74, 6) is -0.321. The molecule has 0 unspecified atom stereocenters. The van der Waals surface area contributed by atoms with E-state index >= 15 is 0 Å². The maximum absolute atomic E-state index is 13.2. The molecule has 0 saturated carbocycles. The predicted octanol–water partition coefficient (Wildman–Crippen LogP) is 4.01. The zero-order valence-corrected chi connectivity index (χ0v) is 12.2. The van der Waals surface area contributed by atoms with Gasteiger partial charge in [0, 0.05) is 17.1 Å². The van der Waals surface area contributed by atoms with Crippen LogP contribution in [0.5, 0.6) is 0 Å². The van der Waals surface area contributed by atoms with Crippen molar-refractivity contribution in [1.82, 2.24) is 5.32 Å². The van der Waals surface area contributed by atoms with Crippen molar-refractivity contribution in [3.8, 4) is 0 Å². The van der Waals surface area contributed by atoms with Gasteiger partial charge in [-0.1, -0.05) is 35.9 Å². The average Bonchev–Trinajstić information content (AvgIpc) is 2.97. The molecule has 3 atom stereocenters. The van der Waals surface area contributed by atoms with Crippen molar-refractivity contribution in [2.45, 2.75) is 31.0 Å². The lowest BCUT2D eigenvalue weighted by molar-refractivity contribution is 0.135. The Kier molecular flexibility index (Phi) is 4.24. The van der Waals surface area contributed by atoms with Crippen molar-refractivity contribution in [3.05, 3.63) is 70.5 Å². The highest BCUT2D eigenvalue weighted by molar-refractivity contribution is 6.30. The summed E-state index contributed by atoms with van der Waals surface area (Å²) in [4.78, 5) is 0. The first kappa shape index (κ1) is 14.5. The van der Waals surface area contributed by atoms with Gasteiger partial charge in [0.2, 0.25) is 0 Å². The molecule has 2 N–H and O–H groups in total. The molecule has 1 aliphatic heterocycles. The first-order valence-corrected chi connectivity index (χ1v) is 7.46. The minimum atomic E-state index is -0.696. The Bertz CT molecular complexity index is 616. The Morgan fingerprint density at radius 1 is 1.14 bits per heavy atom. The Labute approximate surface area is 128 Å². The summed E-state index contributed by atoms with van der Waals surface area (Å²) in [5, 5.41) is 14.5. The third-order valence-corrected chi connectivity index (χ3v) is 4.28. The van der Waals surface area contributed by atoms with Gasteiger partial charge in [-0.25, -0.2) is 4.39 Å². The topological polar surface area (TPSA) is 32.3 Å². The molecule has 1 saturated heterocycles. The highest BCUT2D eigenvalue weighted by Crippen LogP contribution is 2.32. The molecule has 3 rings (SSSR count). The molecule has 2 aromatic rings. The quantitative estimate of drug-likeness (QED) is 0.898. The van der Waals surface area contributed by atoms with E-state index in [0.29, 0.717) is 10.6 Å². The van der Waals surface area contributed by atoms with Gasteiger partial charge in [-0.2, -0.15) is 0 Å². The molecule has 21 heavy (non-hydrogen) atoms. The van der Waals surface area contributed by atoms with Gasteiger partial charge < -0.3 is 10.4 Å². The van der Waals surface area contributed by atoms with Gasteiger partial charge in [-0.3, -0.25) is 0 Å². The largest absolute Gasteiger partial charge is 0.387 e. The van der Waals surface area contributed by atoms with Crippen LogP contribution in [0.4, 0.5) is 4.39 Å². The fourth-order valence-electron chi connectivity index (χ4n) is 2.90. The molecule has 1 fully saturated rings. The fourth-order valence-corrected chi connectivity index (χ4v) is 3.03. The first-order chi connectivity index (χ1) is 10.1. The summed E-state index contributed by atoms with van der Waals surface area (Å²) < 4.78 is 13.2. The third kappa shape index (κ3) is 3.26. The van der Waals surface area contributed by atoms with Crippen LogP contribution in [0.2, 0.25) is 5.02 Å². The van der Waals surface area contributed by atoms with Crippen molar-refractivity contribution in [2.75, 3.05) is 0 Å². The fraction of sp³-hybridized carbons (Fsp3) is 0.294. The summed E-state index contributed by atoms with van der Waals surface area (Å²) >= 11 is 5.90. The monoisotopic (exact) mass is 305 g/mol. The van der Waals surface area contributed by atoms with Crippen LogP contribution in [-0.4, -0.2) is 11.1 Å². The second-order valence-corrected chi connectivity index (χ2v) is 5.89. The average molecular weight is 306 g/mol. The van der Waals surface area contributed by atoms with E-state index in [0.717, 1.165) is 18.4 Å². The highest BCUT2D eigenvalue weighted by Gasteiger charge is 2.30. The van der Waals surface area contributed by atoms with Crippen LogP contribution >= 0.6 is 11.6 Å². The van der Waals surface area contributed by atoms with Gasteiger partial charge in [0.05, 0.1) is 6.10 Å². The van der Waals surface area contributed by atoms with E-state index < -0.39 is 6.10 Å². The molecular formula is C17H17ClFNO. The zero-order valence-electron chi connectivity index (χ0n) is 11.5. The first-order valence-electron chi connectivity index (χ1n) is 7.08. The molecule has 2 aromatic carbocycles. The number of nitrogens with one attached hydrogen (secondary N) is 1. The van der Waals surface area contributed by atoms with Crippen molar-refractivity contribution in [3.63, 3.8) is 0 Å². The van der Waals surface area contributed by atoms with Gasteiger partial charge in [0.25, 0.3) is 0 Å². The van der Waals surface area contributed by atoms with E-state index in [1.807, 2.05) is 24.3 Å². The van der Waals surface area contributed by atoms with Crippen LogP contribution in [0.15, 0.2) is 48.5 Å². The second-order valence-electron chi connectivity index (χ2n) is 5.45. The lowest BCUT2D eigenvalue weighted by Gasteiger charge is -2.20. The molecule has 110 valence electrons. The number of benzene rings is 2. The maximum atomic E-state index is 13.2. The molecule has 1 heterocycles. The summed E-state index contributed by atoms with van der Waals surface area (Å²) in [6.07, 6.45) is 1.10. The predicted molar refractivity (Wildman–Crippen MR) is 81.7 cm³/mol. The number of aliphatic hydroxyl groups is 1. The Morgan fingerprint density at radius 3 is 2.62 bits per heavy atom. The number of rotatable bonds is 3. The summed E-state index contributed by atoms with van der Waals surface area (Å²) in [5.41, 5.74) is 1.78. The van der Waals surface area contributed by atoms with Crippen LogP contribution < -0.4 is 5.32 Å². The Hall–Kier alpha value is -1.42. The Morgan fingerprint density at radius 2 is 1.90 bits per heavy atom. The van der Waals surface area contributed by atoms with Crippen molar-refractivity contribution < 1.29 is 9.50 Å². The number of aliphatic hydroxyl groups excluding tert-OH is 1. The number of halogens is 2. The van der Waals surface area contributed by atoms with E-state index in [4.69, 9.17) is 11.6 Å². The molecule has 0 aromatic heterocycles. The van der Waals surface area contributed by atoms with Gasteiger partial charge in [-0.05, 0) is 48.2 Å². The molecule has 0 bridgehead atoms. The Balaban J connectivity index is 1.70. The highest BCUT2D eigenvalue weighted by atomic mass is 35.5. The van der Waals surface area contributed by atoms with E-state index in [1.54, 1.807) is 12.1 Å². The van der Waals surface area contributed by atoms with Gasteiger partial charge in [-0.15, -0.1) is 0 Å². The molecule has 0 amide bonds. The molecule has 1 aliphatic rings. The summed E-state index contributed by atoms with van der Waals surface area (Å²) in [6, 6.07) is 14.0. The van der Waals surface area contributed by atoms with E-state index in [-0.39, 0.29) is 17.9 Å². The minimum absolute atomic E-state index is 0.0625. The normalized spacial score (nSPS) is 23.2. The second kappa shape index (κ2) is 6.14. The van der Waals surface area contributed by atoms with Gasteiger partial charge >= 0.3 is 0 Å².